The van der Waals surface area contributed by atoms with Crippen LogP contribution >= 0.6 is 0 Å². The highest BCUT2D eigenvalue weighted by Crippen LogP contribution is 2.03. The fraction of sp³-hybridized carbons (Fsp3) is 0.917. The molecular weight excluding hydrogens is 188 g/mol. The smallest absolute Gasteiger partial charge is 0.221 e. The molecule has 0 heterocycles. The highest BCUT2D eigenvalue weighted by atomic mass is 16.1. The van der Waals surface area contributed by atoms with Crippen LogP contribution in [-0.4, -0.2) is 24.5 Å². The summed E-state index contributed by atoms with van der Waals surface area (Å²) in [4.78, 5) is 11.5. The zero-order valence-corrected chi connectivity index (χ0v) is 10.8. The van der Waals surface area contributed by atoms with Gasteiger partial charge in [-0.3, -0.25) is 4.79 Å². The molecule has 1 unspecified atom stereocenters. The quantitative estimate of drug-likeness (QED) is 0.680. The molecule has 0 bridgehead atoms. The van der Waals surface area contributed by atoms with Crippen LogP contribution in [0.4, 0.5) is 0 Å². The predicted molar refractivity (Wildman–Crippen MR) is 64.8 cm³/mol. The van der Waals surface area contributed by atoms with Crippen molar-refractivity contribution in [3.63, 3.8) is 0 Å². The molecule has 0 fully saturated rings. The lowest BCUT2D eigenvalue weighted by Crippen LogP contribution is -2.36. The van der Waals surface area contributed by atoms with Gasteiger partial charge in [-0.05, 0) is 19.3 Å². The van der Waals surface area contributed by atoms with E-state index in [2.05, 4.69) is 45.3 Å². The second-order valence-corrected chi connectivity index (χ2v) is 4.96. The minimum absolute atomic E-state index is 0.149. The van der Waals surface area contributed by atoms with Gasteiger partial charge < -0.3 is 10.6 Å². The van der Waals surface area contributed by atoms with Crippen LogP contribution in [0.3, 0.4) is 0 Å². The van der Waals surface area contributed by atoms with Crippen LogP contribution in [0.2, 0.25) is 0 Å². The molecule has 1 amide bonds. The highest BCUT2D eigenvalue weighted by Gasteiger charge is 2.08. The molecule has 0 aromatic rings. The number of carbonyl (C=O) groups excluding carboxylic acids is 1. The van der Waals surface area contributed by atoms with Gasteiger partial charge in [-0.2, -0.15) is 0 Å². The lowest BCUT2D eigenvalue weighted by Gasteiger charge is -2.16. The van der Waals surface area contributed by atoms with Crippen LogP contribution in [0.25, 0.3) is 0 Å². The van der Waals surface area contributed by atoms with Gasteiger partial charge in [0.1, 0.15) is 0 Å². The molecule has 3 nitrogen and oxygen atoms in total. The van der Waals surface area contributed by atoms with Crippen molar-refractivity contribution in [1.29, 1.82) is 0 Å². The topological polar surface area (TPSA) is 41.1 Å². The second kappa shape index (κ2) is 7.69. The maximum absolute atomic E-state index is 11.5. The van der Waals surface area contributed by atoms with Crippen LogP contribution < -0.4 is 10.6 Å². The summed E-state index contributed by atoms with van der Waals surface area (Å²) in [6, 6.07) is 0.738. The van der Waals surface area contributed by atoms with Crippen molar-refractivity contribution in [1.82, 2.24) is 10.6 Å². The fourth-order valence-electron chi connectivity index (χ4n) is 1.59. The molecule has 15 heavy (non-hydrogen) atoms. The highest BCUT2D eigenvalue weighted by molar-refractivity contribution is 5.76. The largest absolute Gasteiger partial charge is 0.354 e. The van der Waals surface area contributed by atoms with Gasteiger partial charge >= 0.3 is 0 Å². The minimum atomic E-state index is 0.149. The van der Waals surface area contributed by atoms with Crippen molar-refractivity contribution in [2.75, 3.05) is 6.54 Å². The number of amides is 1. The van der Waals surface area contributed by atoms with Crippen molar-refractivity contribution >= 4 is 5.91 Å². The fourth-order valence-corrected chi connectivity index (χ4v) is 1.59. The van der Waals surface area contributed by atoms with Crippen LogP contribution in [0.5, 0.6) is 0 Å². The third-order valence-electron chi connectivity index (χ3n) is 2.14. The Balaban J connectivity index is 3.55. The Kier molecular flexibility index (Phi) is 7.39. The van der Waals surface area contributed by atoms with E-state index in [4.69, 9.17) is 0 Å². The van der Waals surface area contributed by atoms with Gasteiger partial charge in [-0.25, -0.2) is 0 Å². The van der Waals surface area contributed by atoms with E-state index in [9.17, 15) is 4.79 Å². The summed E-state index contributed by atoms with van der Waals surface area (Å²) in [5.74, 6) is 0.783. The molecule has 3 heteroatoms. The minimum Gasteiger partial charge on any atom is -0.354 e. The number of nitrogens with one attached hydrogen (secondary N) is 2. The van der Waals surface area contributed by atoms with E-state index < -0.39 is 0 Å². The Labute approximate surface area is 94.0 Å². The lowest BCUT2D eigenvalue weighted by atomic mass is 10.1. The van der Waals surface area contributed by atoms with Gasteiger partial charge in [0.2, 0.25) is 5.91 Å². The van der Waals surface area contributed by atoms with Gasteiger partial charge in [0, 0.05) is 25.0 Å². The van der Waals surface area contributed by atoms with E-state index in [1.807, 2.05) is 0 Å². The average Bonchev–Trinajstić information content (AvgIpc) is 2.00. The molecule has 2 N–H and O–H groups in total. The van der Waals surface area contributed by atoms with E-state index in [1.54, 1.807) is 0 Å². The number of carbonyl (C=O) groups is 1. The third kappa shape index (κ3) is 9.73. The van der Waals surface area contributed by atoms with Gasteiger partial charge in [0.15, 0.2) is 0 Å². The summed E-state index contributed by atoms with van der Waals surface area (Å²) in [6.07, 6.45) is 1.62. The number of hydrogen-bond acceptors (Lipinski definition) is 2. The third-order valence-corrected chi connectivity index (χ3v) is 2.14. The van der Waals surface area contributed by atoms with Gasteiger partial charge in [0.25, 0.3) is 0 Å². The molecule has 0 aliphatic carbocycles. The summed E-state index contributed by atoms with van der Waals surface area (Å²) in [7, 11) is 0. The van der Waals surface area contributed by atoms with Crippen LogP contribution in [-0.2, 0) is 4.79 Å². The number of rotatable bonds is 7. The SMILES string of the molecule is CC(C)CC(C)NC(=O)CCNC(C)C. The molecule has 0 radical (unpaired) electrons. The molecule has 0 aliphatic heterocycles. The summed E-state index contributed by atoms with van der Waals surface area (Å²) in [5.41, 5.74) is 0. The Hall–Kier alpha value is -0.570. The first-order valence-corrected chi connectivity index (χ1v) is 5.94. The summed E-state index contributed by atoms with van der Waals surface area (Å²) in [5, 5.41) is 6.24. The van der Waals surface area contributed by atoms with Gasteiger partial charge in [-0.1, -0.05) is 27.7 Å². The van der Waals surface area contributed by atoms with E-state index in [1.165, 1.54) is 0 Å². The molecule has 0 aromatic carbocycles. The standard InChI is InChI=1S/C12H26N2O/c1-9(2)8-11(5)14-12(15)6-7-13-10(3)4/h9-11,13H,6-8H2,1-5H3,(H,14,15). The first-order valence-electron chi connectivity index (χ1n) is 5.94. The molecule has 0 spiro atoms. The molecule has 0 rings (SSSR count). The monoisotopic (exact) mass is 214 g/mol. The lowest BCUT2D eigenvalue weighted by molar-refractivity contribution is -0.121. The average molecular weight is 214 g/mol. The maximum Gasteiger partial charge on any atom is 0.221 e. The molecule has 0 saturated carbocycles. The summed E-state index contributed by atoms with van der Waals surface area (Å²) < 4.78 is 0. The molecular formula is C12H26N2O. The zero-order chi connectivity index (χ0) is 11.8. The number of hydrogen-bond donors (Lipinski definition) is 2. The Bertz CT molecular complexity index is 178. The Morgan fingerprint density at radius 2 is 1.73 bits per heavy atom. The summed E-state index contributed by atoms with van der Waals surface area (Å²) in [6.45, 7) is 11.3. The van der Waals surface area contributed by atoms with Crippen LogP contribution in [0.1, 0.15) is 47.5 Å². The second-order valence-electron chi connectivity index (χ2n) is 4.96. The van der Waals surface area contributed by atoms with Crippen LogP contribution in [0.15, 0.2) is 0 Å². The molecule has 1 atom stereocenters. The van der Waals surface area contributed by atoms with E-state index in [0.717, 1.165) is 13.0 Å². The Morgan fingerprint density at radius 1 is 1.13 bits per heavy atom. The van der Waals surface area contributed by atoms with Crippen molar-refractivity contribution < 1.29 is 4.79 Å². The van der Waals surface area contributed by atoms with Crippen molar-refractivity contribution in [3.05, 3.63) is 0 Å². The molecule has 0 aliphatic rings. The Morgan fingerprint density at radius 3 is 2.20 bits per heavy atom. The molecule has 0 aromatic heterocycles. The first-order chi connectivity index (χ1) is 6.91. The van der Waals surface area contributed by atoms with Gasteiger partial charge in [0.05, 0.1) is 0 Å². The van der Waals surface area contributed by atoms with Gasteiger partial charge in [-0.15, -0.1) is 0 Å². The summed E-state index contributed by atoms with van der Waals surface area (Å²) >= 11 is 0. The van der Waals surface area contributed by atoms with Crippen molar-refractivity contribution in [2.24, 2.45) is 5.92 Å². The van der Waals surface area contributed by atoms with E-state index >= 15 is 0 Å². The predicted octanol–water partition coefficient (Wildman–Crippen LogP) is 1.93. The van der Waals surface area contributed by atoms with Crippen LogP contribution in [0, 0.1) is 5.92 Å². The maximum atomic E-state index is 11.5. The van der Waals surface area contributed by atoms with Crippen molar-refractivity contribution in [2.45, 2.75) is 59.5 Å². The first kappa shape index (κ1) is 14.4. The van der Waals surface area contributed by atoms with Crippen molar-refractivity contribution in [3.8, 4) is 0 Å². The van der Waals surface area contributed by atoms with E-state index in [-0.39, 0.29) is 11.9 Å². The zero-order valence-electron chi connectivity index (χ0n) is 10.8. The molecule has 90 valence electrons. The molecule has 0 saturated heterocycles. The normalized spacial score (nSPS) is 13.3. The van der Waals surface area contributed by atoms with E-state index in [0.29, 0.717) is 18.4 Å².